The molecule has 3 aliphatic carbocycles. The lowest BCUT2D eigenvalue weighted by atomic mass is 9.67. The summed E-state index contributed by atoms with van der Waals surface area (Å²) in [5.74, 6) is 0. The van der Waals surface area contributed by atoms with Gasteiger partial charge in [0.1, 0.15) is 0 Å². The standard InChI is InChI=1S/C77H58N2/c1-75(2)68-36-16-13-34-64(68)66-35-21-39-72(74(66)75)79(60-45-47-65-67-46-42-53-24-11-12-31-61(53)73(67)76(3,4)71(65)50-60)59-30-20-29-58(49-59)78(56-43-40-52(41-44-56)51-22-7-5-8-23-51)57-28-19-27-55(48-57)77(54-25-9-6-10-26-54)69-37-17-14-32-62(69)63-33-15-18-38-70(63)77/h5-50H,1-4H3. The second-order valence-corrected chi connectivity index (χ2v) is 22.8. The van der Waals surface area contributed by atoms with E-state index in [0.717, 1.165) is 28.4 Å². The van der Waals surface area contributed by atoms with Crippen molar-refractivity contribution in [2.45, 2.75) is 43.9 Å². The van der Waals surface area contributed by atoms with Gasteiger partial charge in [-0.25, -0.2) is 0 Å². The summed E-state index contributed by atoms with van der Waals surface area (Å²) in [5.41, 5.74) is 26.2. The van der Waals surface area contributed by atoms with Crippen molar-refractivity contribution in [3.63, 3.8) is 0 Å². The molecule has 0 N–H and O–H groups in total. The summed E-state index contributed by atoms with van der Waals surface area (Å²) < 4.78 is 0. The fourth-order valence-corrected chi connectivity index (χ4v) is 14.4. The zero-order valence-electron chi connectivity index (χ0n) is 45.0. The van der Waals surface area contributed by atoms with Crippen LogP contribution in [0.4, 0.5) is 34.1 Å². The fraction of sp³-hybridized carbons (Fsp3) is 0.0909. The van der Waals surface area contributed by atoms with E-state index in [9.17, 15) is 0 Å². The molecular formula is C77H58N2. The van der Waals surface area contributed by atoms with Crippen molar-refractivity contribution in [3.05, 3.63) is 324 Å². The Labute approximate surface area is 464 Å². The van der Waals surface area contributed by atoms with Gasteiger partial charge in [0, 0.05) is 39.3 Å². The molecule has 0 fully saturated rings. The van der Waals surface area contributed by atoms with E-state index in [1.165, 1.54) is 105 Å². The molecule has 0 aliphatic heterocycles. The van der Waals surface area contributed by atoms with Crippen molar-refractivity contribution in [2.24, 2.45) is 0 Å². The van der Waals surface area contributed by atoms with Gasteiger partial charge in [-0.1, -0.05) is 246 Å². The van der Waals surface area contributed by atoms with E-state index in [1.807, 2.05) is 0 Å². The molecule has 376 valence electrons. The topological polar surface area (TPSA) is 6.48 Å². The van der Waals surface area contributed by atoms with Crippen LogP contribution in [0.15, 0.2) is 279 Å². The molecule has 0 bridgehead atoms. The van der Waals surface area contributed by atoms with Crippen LogP contribution >= 0.6 is 0 Å². The first kappa shape index (κ1) is 46.8. The Balaban J connectivity index is 0.949. The van der Waals surface area contributed by atoms with Gasteiger partial charge >= 0.3 is 0 Å². The van der Waals surface area contributed by atoms with E-state index in [4.69, 9.17) is 0 Å². The van der Waals surface area contributed by atoms with Crippen LogP contribution in [0.2, 0.25) is 0 Å². The second-order valence-electron chi connectivity index (χ2n) is 22.8. The van der Waals surface area contributed by atoms with Crippen molar-refractivity contribution in [2.75, 3.05) is 9.80 Å². The Morgan fingerprint density at radius 3 is 1.46 bits per heavy atom. The number of benzene rings is 12. The fourth-order valence-electron chi connectivity index (χ4n) is 14.4. The lowest BCUT2D eigenvalue weighted by molar-refractivity contribution is 0.660. The smallest absolute Gasteiger partial charge is 0.0714 e. The Morgan fingerprint density at radius 1 is 0.266 bits per heavy atom. The Kier molecular flexibility index (Phi) is 10.5. The summed E-state index contributed by atoms with van der Waals surface area (Å²) in [6.07, 6.45) is 0. The first-order valence-electron chi connectivity index (χ1n) is 27.8. The minimum Gasteiger partial charge on any atom is -0.310 e. The molecule has 0 radical (unpaired) electrons. The van der Waals surface area contributed by atoms with E-state index < -0.39 is 5.41 Å². The van der Waals surface area contributed by atoms with Gasteiger partial charge in [-0.15, -0.1) is 0 Å². The summed E-state index contributed by atoms with van der Waals surface area (Å²) in [6, 6.07) is 104. The molecule has 15 rings (SSSR count). The molecule has 0 aromatic heterocycles. The minimum absolute atomic E-state index is 0.242. The van der Waals surface area contributed by atoms with Crippen molar-refractivity contribution in [1.29, 1.82) is 0 Å². The van der Waals surface area contributed by atoms with Gasteiger partial charge in [0.2, 0.25) is 0 Å². The second kappa shape index (κ2) is 17.8. The maximum Gasteiger partial charge on any atom is 0.0714 e. The van der Waals surface area contributed by atoms with Crippen LogP contribution in [0.5, 0.6) is 0 Å². The number of nitrogens with zero attached hydrogens (tertiary/aromatic N) is 2. The molecule has 0 saturated heterocycles. The maximum absolute atomic E-state index is 2.55. The summed E-state index contributed by atoms with van der Waals surface area (Å²) >= 11 is 0. The number of fused-ring (bicyclic) bond motifs is 11. The SMILES string of the molecule is CC1(C)c2ccccc2-c2cccc(N(c3cccc(N(c4ccc(-c5ccccc5)cc4)c4cccc(C5(c6ccccc6)c6ccccc6-c6ccccc65)c4)c3)c3ccc4c(c3)C(C)(C)c3c-4ccc4ccccc34)c21. The van der Waals surface area contributed by atoms with Crippen molar-refractivity contribution in [1.82, 2.24) is 0 Å². The van der Waals surface area contributed by atoms with Crippen LogP contribution in [0, 0.1) is 0 Å². The van der Waals surface area contributed by atoms with Crippen LogP contribution in [0.1, 0.15) is 72.2 Å². The van der Waals surface area contributed by atoms with E-state index in [0.29, 0.717) is 0 Å². The van der Waals surface area contributed by atoms with Crippen LogP contribution in [0.3, 0.4) is 0 Å². The maximum atomic E-state index is 2.55. The number of hydrogen-bond acceptors (Lipinski definition) is 2. The number of anilines is 6. The van der Waals surface area contributed by atoms with Crippen LogP contribution < -0.4 is 9.80 Å². The third-order valence-corrected chi connectivity index (χ3v) is 17.9. The van der Waals surface area contributed by atoms with E-state index in [1.54, 1.807) is 0 Å². The van der Waals surface area contributed by atoms with Gasteiger partial charge in [-0.2, -0.15) is 0 Å². The first-order chi connectivity index (χ1) is 38.7. The predicted octanol–water partition coefficient (Wildman–Crippen LogP) is 20.4. The van der Waals surface area contributed by atoms with Crippen molar-refractivity contribution < 1.29 is 0 Å². The zero-order chi connectivity index (χ0) is 53.0. The van der Waals surface area contributed by atoms with Crippen LogP contribution in [-0.4, -0.2) is 0 Å². The average molecular weight is 1010 g/mol. The summed E-state index contributed by atoms with van der Waals surface area (Å²) in [6.45, 7) is 9.64. The zero-order valence-corrected chi connectivity index (χ0v) is 45.0. The van der Waals surface area contributed by atoms with Crippen LogP contribution in [-0.2, 0) is 16.2 Å². The summed E-state index contributed by atoms with van der Waals surface area (Å²) in [7, 11) is 0. The Morgan fingerprint density at radius 2 is 0.734 bits per heavy atom. The molecule has 0 amide bonds. The lowest BCUT2D eigenvalue weighted by Gasteiger charge is -2.35. The molecule has 0 saturated carbocycles. The highest BCUT2D eigenvalue weighted by atomic mass is 15.2. The highest BCUT2D eigenvalue weighted by molar-refractivity contribution is 5.99. The molecule has 2 nitrogen and oxygen atoms in total. The van der Waals surface area contributed by atoms with Gasteiger partial charge in [0.05, 0.1) is 11.1 Å². The van der Waals surface area contributed by atoms with E-state index in [2.05, 4.69) is 317 Å². The largest absolute Gasteiger partial charge is 0.310 e. The average Bonchev–Trinajstić information content (AvgIpc) is 3.25. The molecule has 12 aromatic rings. The van der Waals surface area contributed by atoms with Crippen LogP contribution in [0.25, 0.3) is 55.3 Å². The number of rotatable bonds is 9. The van der Waals surface area contributed by atoms with Gasteiger partial charge in [-0.05, 0) is 160 Å². The molecule has 2 heteroatoms. The monoisotopic (exact) mass is 1010 g/mol. The molecule has 0 atom stereocenters. The first-order valence-corrected chi connectivity index (χ1v) is 27.8. The van der Waals surface area contributed by atoms with E-state index in [-0.39, 0.29) is 10.8 Å². The van der Waals surface area contributed by atoms with Crippen molar-refractivity contribution in [3.8, 4) is 44.5 Å². The van der Waals surface area contributed by atoms with Gasteiger partial charge in [0.25, 0.3) is 0 Å². The third-order valence-electron chi connectivity index (χ3n) is 17.9. The molecular weight excluding hydrogens is 953 g/mol. The van der Waals surface area contributed by atoms with Gasteiger partial charge in [0.15, 0.2) is 0 Å². The highest BCUT2D eigenvalue weighted by Crippen LogP contribution is 2.59. The lowest BCUT2D eigenvalue weighted by Crippen LogP contribution is -2.28. The van der Waals surface area contributed by atoms with Gasteiger partial charge in [-0.3, -0.25) is 0 Å². The Bertz CT molecular complexity index is 4330. The molecule has 12 aromatic carbocycles. The highest BCUT2D eigenvalue weighted by Gasteiger charge is 2.46. The summed E-state index contributed by atoms with van der Waals surface area (Å²) in [4.78, 5) is 5.02. The molecule has 79 heavy (non-hydrogen) atoms. The van der Waals surface area contributed by atoms with E-state index >= 15 is 0 Å². The van der Waals surface area contributed by atoms with Crippen molar-refractivity contribution >= 4 is 44.9 Å². The molecule has 3 aliphatic rings. The molecule has 0 heterocycles. The normalized spacial score (nSPS) is 14.4. The minimum atomic E-state index is -0.558. The number of hydrogen-bond donors (Lipinski definition) is 0. The Hall–Kier alpha value is -9.50. The summed E-state index contributed by atoms with van der Waals surface area (Å²) in [5, 5.41) is 2.60. The third kappa shape index (κ3) is 6.97. The molecule has 0 spiro atoms. The van der Waals surface area contributed by atoms with Gasteiger partial charge < -0.3 is 9.80 Å². The molecule has 0 unspecified atom stereocenters. The quantitative estimate of drug-likeness (QED) is 0.142. The predicted molar refractivity (Wildman–Crippen MR) is 331 cm³/mol.